The van der Waals surface area contributed by atoms with Gasteiger partial charge in [-0.05, 0) is 18.9 Å². The molecule has 1 saturated carbocycles. The highest BCUT2D eigenvalue weighted by Gasteiger charge is 2.64. The Balaban J connectivity index is 2.83. The van der Waals surface area contributed by atoms with Gasteiger partial charge in [-0.2, -0.15) is 0 Å². The Morgan fingerprint density at radius 3 is 2.47 bits per heavy atom. The summed E-state index contributed by atoms with van der Waals surface area (Å²) in [4.78, 5) is 23.1. The first-order valence-electron chi connectivity index (χ1n) is 5.35. The number of unbranched alkanes of at least 4 members (excludes halogenated alkanes) is 1. The van der Waals surface area contributed by atoms with Crippen molar-refractivity contribution in [3.63, 3.8) is 0 Å². The molecule has 1 aliphatic rings. The van der Waals surface area contributed by atoms with E-state index in [1.807, 2.05) is 0 Å². The number of esters is 2. The maximum Gasteiger partial charge on any atom is 0.328 e. The van der Waals surface area contributed by atoms with Gasteiger partial charge in [0.05, 0.1) is 14.2 Å². The zero-order valence-electron chi connectivity index (χ0n) is 9.99. The number of carbonyl (C=O) groups excluding carboxylic acids is 2. The number of rotatable bonds is 5. The first-order chi connectivity index (χ1) is 8.13. The first-order valence-corrected chi connectivity index (χ1v) is 5.35. The van der Waals surface area contributed by atoms with Crippen LogP contribution in [-0.2, 0) is 19.1 Å². The first kappa shape index (κ1) is 13.5. The Hall–Kier alpha value is -1.58. The van der Waals surface area contributed by atoms with E-state index < -0.39 is 17.4 Å². The van der Waals surface area contributed by atoms with E-state index >= 15 is 0 Å². The predicted octanol–water partition coefficient (Wildman–Crippen LogP) is 0.576. The van der Waals surface area contributed by atoms with Crippen molar-refractivity contribution in [2.24, 2.45) is 5.41 Å². The maximum absolute atomic E-state index is 11.6. The second kappa shape index (κ2) is 5.66. The van der Waals surface area contributed by atoms with Gasteiger partial charge in [0.1, 0.15) is 0 Å². The van der Waals surface area contributed by atoms with E-state index in [1.54, 1.807) is 6.08 Å². The molecule has 94 valence electrons. The van der Waals surface area contributed by atoms with E-state index in [0.717, 1.165) is 0 Å². The molecule has 0 heterocycles. The lowest BCUT2D eigenvalue weighted by atomic mass is 10.1. The Morgan fingerprint density at radius 2 is 2.00 bits per heavy atom. The molecule has 0 bridgehead atoms. The lowest BCUT2D eigenvalue weighted by molar-refractivity contribution is -0.160. The lowest BCUT2D eigenvalue weighted by Gasteiger charge is -2.08. The van der Waals surface area contributed by atoms with Crippen molar-refractivity contribution >= 4 is 11.9 Å². The summed E-state index contributed by atoms with van der Waals surface area (Å²) in [5, 5.41) is 8.60. The van der Waals surface area contributed by atoms with Crippen molar-refractivity contribution in [3.8, 4) is 0 Å². The summed E-state index contributed by atoms with van der Waals surface area (Å²) in [5.41, 5.74) is 2.19. The third-order valence-electron chi connectivity index (χ3n) is 2.68. The van der Waals surface area contributed by atoms with Crippen molar-refractivity contribution < 1.29 is 24.2 Å². The molecule has 1 rings (SSSR count). The minimum atomic E-state index is -1.28. The number of aliphatic hydroxyl groups is 1. The monoisotopic (exact) mass is 240 g/mol. The van der Waals surface area contributed by atoms with E-state index in [1.165, 1.54) is 14.2 Å². The van der Waals surface area contributed by atoms with E-state index in [9.17, 15) is 9.59 Å². The summed E-state index contributed by atoms with van der Waals surface area (Å²) in [6.07, 6.45) is 3.28. The Morgan fingerprint density at radius 1 is 1.41 bits per heavy atom. The highest BCUT2D eigenvalue weighted by molar-refractivity contribution is 6.08. The Labute approximate surface area is 99.7 Å². The molecule has 5 heteroatoms. The van der Waals surface area contributed by atoms with Gasteiger partial charge in [-0.1, -0.05) is 0 Å². The van der Waals surface area contributed by atoms with Crippen LogP contribution in [0.25, 0.3) is 0 Å². The summed E-state index contributed by atoms with van der Waals surface area (Å²) in [6.45, 7) is 0.104. The molecular formula is C12H16O5. The van der Waals surface area contributed by atoms with Gasteiger partial charge in [-0.15, -0.1) is 5.73 Å². The topological polar surface area (TPSA) is 72.8 Å². The minimum Gasteiger partial charge on any atom is -0.468 e. The molecule has 1 aliphatic carbocycles. The lowest BCUT2D eigenvalue weighted by Crippen LogP contribution is -2.28. The van der Waals surface area contributed by atoms with Gasteiger partial charge in [0.25, 0.3) is 0 Å². The molecule has 0 saturated heterocycles. The average Bonchev–Trinajstić information content (AvgIpc) is 3.08. The third-order valence-corrected chi connectivity index (χ3v) is 2.68. The summed E-state index contributed by atoms with van der Waals surface area (Å²) < 4.78 is 9.21. The van der Waals surface area contributed by atoms with Crippen LogP contribution in [0, 0.1) is 5.41 Å². The fourth-order valence-corrected chi connectivity index (χ4v) is 1.61. The molecular weight excluding hydrogens is 224 g/mol. The van der Waals surface area contributed by atoms with Crippen LogP contribution in [0.15, 0.2) is 17.4 Å². The fraction of sp³-hybridized carbons (Fsp3) is 0.583. The molecule has 5 nitrogen and oxygen atoms in total. The average molecular weight is 240 g/mol. The molecule has 0 atom stereocenters. The second-order valence-electron chi connectivity index (χ2n) is 3.76. The van der Waals surface area contributed by atoms with E-state index in [0.29, 0.717) is 24.8 Å². The van der Waals surface area contributed by atoms with Gasteiger partial charge in [-0.3, -0.25) is 9.59 Å². The Bertz CT molecular complexity index is 360. The number of carbonyl (C=O) groups is 2. The molecule has 0 amide bonds. The Kier molecular flexibility index (Phi) is 4.49. The molecule has 0 aromatic heterocycles. The molecule has 0 aromatic rings. The van der Waals surface area contributed by atoms with E-state index in [2.05, 4.69) is 15.2 Å². The van der Waals surface area contributed by atoms with Crippen molar-refractivity contribution in [2.75, 3.05) is 20.8 Å². The minimum absolute atomic E-state index is 0.104. The summed E-state index contributed by atoms with van der Waals surface area (Å²) in [6, 6.07) is 0. The summed E-state index contributed by atoms with van der Waals surface area (Å²) in [7, 11) is 2.47. The van der Waals surface area contributed by atoms with Gasteiger partial charge < -0.3 is 14.6 Å². The highest BCUT2D eigenvalue weighted by Crippen LogP contribution is 2.53. The standard InChI is InChI=1S/C12H16O5/c1-16-10(14)12(11(15)17-2)8-9(12)6-4-3-5-7-13/h4,13H,3,5,7-8H2,1-2H3. The van der Waals surface area contributed by atoms with Crippen LogP contribution in [0.4, 0.5) is 0 Å². The number of hydrogen-bond donors (Lipinski definition) is 1. The molecule has 0 spiro atoms. The number of aliphatic hydroxyl groups excluding tert-OH is 1. The number of methoxy groups -OCH3 is 2. The molecule has 0 aromatic carbocycles. The van der Waals surface area contributed by atoms with Gasteiger partial charge in [0.2, 0.25) is 0 Å². The zero-order chi connectivity index (χ0) is 12.9. The van der Waals surface area contributed by atoms with Crippen molar-refractivity contribution in [3.05, 3.63) is 17.4 Å². The van der Waals surface area contributed by atoms with Crippen LogP contribution in [0.5, 0.6) is 0 Å². The predicted molar refractivity (Wildman–Crippen MR) is 59.0 cm³/mol. The van der Waals surface area contributed by atoms with Crippen molar-refractivity contribution in [2.45, 2.75) is 19.3 Å². The van der Waals surface area contributed by atoms with E-state index in [-0.39, 0.29) is 6.61 Å². The second-order valence-corrected chi connectivity index (χ2v) is 3.76. The molecule has 0 aliphatic heterocycles. The van der Waals surface area contributed by atoms with Crippen LogP contribution in [0.2, 0.25) is 0 Å². The number of hydrogen-bond acceptors (Lipinski definition) is 5. The van der Waals surface area contributed by atoms with Crippen LogP contribution in [-0.4, -0.2) is 37.9 Å². The van der Waals surface area contributed by atoms with Gasteiger partial charge in [-0.25, -0.2) is 0 Å². The van der Waals surface area contributed by atoms with Gasteiger partial charge >= 0.3 is 11.9 Å². The fourth-order valence-electron chi connectivity index (χ4n) is 1.61. The highest BCUT2D eigenvalue weighted by atomic mass is 16.5. The largest absolute Gasteiger partial charge is 0.468 e. The number of ether oxygens (including phenoxy) is 2. The van der Waals surface area contributed by atoms with Gasteiger partial charge in [0, 0.05) is 18.6 Å². The molecule has 0 radical (unpaired) electrons. The summed E-state index contributed by atoms with van der Waals surface area (Å²) >= 11 is 0. The van der Waals surface area contributed by atoms with Crippen LogP contribution in [0.1, 0.15) is 19.3 Å². The van der Waals surface area contributed by atoms with Crippen molar-refractivity contribution in [1.82, 2.24) is 0 Å². The van der Waals surface area contributed by atoms with Gasteiger partial charge in [0.15, 0.2) is 5.41 Å². The van der Waals surface area contributed by atoms with Crippen molar-refractivity contribution in [1.29, 1.82) is 0 Å². The normalized spacial score (nSPS) is 15.8. The molecule has 17 heavy (non-hydrogen) atoms. The van der Waals surface area contributed by atoms with E-state index in [4.69, 9.17) is 5.11 Å². The molecule has 1 N–H and O–H groups in total. The molecule has 1 fully saturated rings. The van der Waals surface area contributed by atoms with Crippen LogP contribution in [0.3, 0.4) is 0 Å². The zero-order valence-corrected chi connectivity index (χ0v) is 9.99. The SMILES string of the molecule is COC(=O)C1(C(=O)OC)CC1=C=CCCCO. The smallest absolute Gasteiger partial charge is 0.328 e. The van der Waals surface area contributed by atoms with Crippen LogP contribution >= 0.6 is 0 Å². The van der Waals surface area contributed by atoms with Crippen LogP contribution < -0.4 is 0 Å². The maximum atomic E-state index is 11.6. The quantitative estimate of drug-likeness (QED) is 0.329. The molecule has 0 unspecified atom stereocenters. The third kappa shape index (κ3) is 2.57. The summed E-state index contributed by atoms with van der Waals surface area (Å²) in [5.74, 6) is -1.22.